The quantitative estimate of drug-likeness (QED) is 0.303. The maximum absolute atomic E-state index is 13.1. The highest BCUT2D eigenvalue weighted by Gasteiger charge is 2.30. The Hall–Kier alpha value is -3.71. The molecule has 1 fully saturated rings. The normalized spacial score (nSPS) is 15.5. The van der Waals surface area contributed by atoms with Crippen molar-refractivity contribution < 1.29 is 22.6 Å². The van der Waals surface area contributed by atoms with Crippen LogP contribution in [0.2, 0.25) is 0 Å². The number of rotatable bonds is 8. The number of nitrogens with zero attached hydrogens (tertiary/aromatic N) is 5. The van der Waals surface area contributed by atoms with Crippen LogP contribution < -0.4 is 10.6 Å². The molecule has 35 heavy (non-hydrogen) atoms. The Morgan fingerprint density at radius 2 is 1.80 bits per heavy atom. The lowest BCUT2D eigenvalue weighted by Gasteiger charge is -2.19. The van der Waals surface area contributed by atoms with E-state index in [1.54, 1.807) is 12.1 Å². The fourth-order valence-electron chi connectivity index (χ4n) is 4.03. The predicted octanol–water partition coefficient (Wildman–Crippen LogP) is 3.71. The summed E-state index contributed by atoms with van der Waals surface area (Å²) in [6.07, 6.45) is 2.27. The van der Waals surface area contributed by atoms with E-state index in [0.29, 0.717) is 25.3 Å². The van der Waals surface area contributed by atoms with Gasteiger partial charge in [-0.15, -0.1) is 0 Å². The molecule has 1 aliphatic rings. The number of nitrogens with one attached hydrogen (secondary N) is 2. The third-order valence-corrected chi connectivity index (χ3v) is 7.80. The second-order valence-electron chi connectivity index (χ2n) is 8.27. The minimum atomic E-state index is -3.83. The number of hydrogen-bond acceptors (Lipinski definition) is 11. The molecule has 0 amide bonds. The average molecular weight is 500 g/mol. The summed E-state index contributed by atoms with van der Waals surface area (Å²) in [5, 5.41) is 24.7. The van der Waals surface area contributed by atoms with Crippen molar-refractivity contribution in [3.8, 4) is 5.75 Å². The first-order valence-electron chi connectivity index (χ1n) is 11.3. The second-order valence-corrected chi connectivity index (χ2v) is 10.2. The maximum Gasteiger partial charge on any atom is 0.246 e. The largest absolute Gasteiger partial charge is 0.504 e. The van der Waals surface area contributed by atoms with Crippen LogP contribution in [0.3, 0.4) is 0 Å². The van der Waals surface area contributed by atoms with E-state index < -0.39 is 15.8 Å². The fourth-order valence-corrected chi connectivity index (χ4v) is 5.65. The Bertz CT molecular complexity index is 1460. The fraction of sp³-hybridized carbons (Fsp3) is 0.364. The van der Waals surface area contributed by atoms with Crippen molar-refractivity contribution in [2.45, 2.75) is 44.0 Å². The molecule has 0 aliphatic carbocycles. The summed E-state index contributed by atoms with van der Waals surface area (Å²) in [4.78, 5) is 8.71. The number of anilines is 3. The summed E-state index contributed by atoms with van der Waals surface area (Å²) in [5.41, 5.74) is 0.499. The van der Waals surface area contributed by atoms with Crippen molar-refractivity contribution in [3.05, 3.63) is 41.9 Å². The number of aromatic hydroxyl groups is 1. The number of furan rings is 1. The predicted molar refractivity (Wildman–Crippen MR) is 127 cm³/mol. The number of benzene rings is 1. The Balaban J connectivity index is 1.52. The summed E-state index contributed by atoms with van der Waals surface area (Å²) in [5.74, 6) is 1.61. The monoisotopic (exact) mass is 499 g/mol. The van der Waals surface area contributed by atoms with Crippen LogP contribution in [0.4, 0.5) is 17.3 Å². The summed E-state index contributed by atoms with van der Waals surface area (Å²) in [7, 11) is -3.83. The topological polar surface area (TPSA) is 160 Å². The number of phenolic OH excluding ortho intramolecular Hbond substituents is 1. The van der Waals surface area contributed by atoms with Crippen molar-refractivity contribution in [1.82, 2.24) is 24.6 Å². The molecule has 5 rings (SSSR count). The molecule has 1 aliphatic heterocycles. The Morgan fingerprint density at radius 1 is 1.09 bits per heavy atom. The number of phenols is 1. The molecule has 0 spiro atoms. The van der Waals surface area contributed by atoms with Gasteiger partial charge in [0, 0.05) is 13.1 Å². The number of aromatic nitrogens is 4. The lowest BCUT2D eigenvalue weighted by molar-refractivity contribution is 0.314. The number of fused-ring (bicyclic) bond motifs is 1. The van der Waals surface area contributed by atoms with E-state index >= 15 is 0 Å². The van der Waals surface area contributed by atoms with E-state index in [4.69, 9.17) is 9.05 Å². The van der Waals surface area contributed by atoms with E-state index in [1.807, 2.05) is 26.0 Å². The van der Waals surface area contributed by atoms with Crippen LogP contribution in [0.25, 0.3) is 11.3 Å². The molecule has 184 valence electrons. The van der Waals surface area contributed by atoms with Crippen LogP contribution in [-0.2, 0) is 10.0 Å². The van der Waals surface area contributed by atoms with Crippen LogP contribution in [0, 0.1) is 6.92 Å². The molecule has 3 aromatic heterocycles. The van der Waals surface area contributed by atoms with Gasteiger partial charge in [-0.25, -0.2) is 23.0 Å². The van der Waals surface area contributed by atoms with Gasteiger partial charge in [0.1, 0.15) is 16.4 Å². The first kappa shape index (κ1) is 23.1. The lowest BCUT2D eigenvalue weighted by atomic mass is 10.1. The minimum Gasteiger partial charge on any atom is -0.504 e. The van der Waals surface area contributed by atoms with Crippen LogP contribution in [-0.4, -0.2) is 51.2 Å². The maximum atomic E-state index is 13.1. The van der Waals surface area contributed by atoms with Crippen molar-refractivity contribution in [3.63, 3.8) is 0 Å². The zero-order chi connectivity index (χ0) is 24.6. The zero-order valence-corrected chi connectivity index (χ0v) is 20.0. The van der Waals surface area contributed by atoms with Gasteiger partial charge in [-0.05, 0) is 60.8 Å². The van der Waals surface area contributed by atoms with E-state index in [-0.39, 0.29) is 33.7 Å². The molecule has 0 unspecified atom stereocenters. The highest BCUT2D eigenvalue weighted by atomic mass is 32.2. The third kappa shape index (κ3) is 4.39. The van der Waals surface area contributed by atoms with E-state index in [2.05, 4.69) is 30.9 Å². The van der Waals surface area contributed by atoms with Crippen LogP contribution >= 0.6 is 0 Å². The summed E-state index contributed by atoms with van der Waals surface area (Å²) in [6, 6.07) is 8.03. The number of hydrogen-bond donors (Lipinski definition) is 3. The Labute approximate surface area is 201 Å². The van der Waals surface area contributed by atoms with Gasteiger partial charge in [0.15, 0.2) is 17.4 Å². The van der Waals surface area contributed by atoms with E-state index in [9.17, 15) is 13.5 Å². The molecule has 13 heteroatoms. The summed E-state index contributed by atoms with van der Waals surface area (Å²) >= 11 is 0. The number of para-hydroxylation sites is 1. The standard InChI is InChI=1S/C22H25N7O5S/c1-3-14(16-10-9-13(2)33-16)23-19-20(26-22-21(25-19)27-34-28-22)24-15-7-6-8-17(18(15)30)35(31,32)29-11-4-5-12-29/h6-10,14,30H,3-5,11-12H2,1-2H3,(H,23,25,27)(H,24,26,28)/t14-/m1/s1. The third-order valence-electron chi connectivity index (χ3n) is 5.87. The first-order chi connectivity index (χ1) is 16.9. The van der Waals surface area contributed by atoms with Gasteiger partial charge >= 0.3 is 0 Å². The van der Waals surface area contributed by atoms with Crippen molar-refractivity contribution >= 4 is 38.6 Å². The van der Waals surface area contributed by atoms with Gasteiger partial charge < -0.3 is 20.2 Å². The molecule has 4 heterocycles. The molecule has 0 saturated carbocycles. The molecule has 4 aromatic rings. The van der Waals surface area contributed by atoms with Gasteiger partial charge in [-0.1, -0.05) is 13.0 Å². The average Bonchev–Trinajstić information content (AvgIpc) is 3.61. The van der Waals surface area contributed by atoms with Crippen LogP contribution in [0.1, 0.15) is 43.7 Å². The Morgan fingerprint density at radius 3 is 2.46 bits per heavy atom. The van der Waals surface area contributed by atoms with E-state index in [1.165, 1.54) is 10.4 Å². The van der Waals surface area contributed by atoms with Crippen molar-refractivity contribution in [1.29, 1.82) is 0 Å². The number of sulfonamides is 1. The minimum absolute atomic E-state index is 0.153. The highest BCUT2D eigenvalue weighted by molar-refractivity contribution is 7.89. The van der Waals surface area contributed by atoms with Gasteiger partial charge in [-0.3, -0.25) is 0 Å². The lowest BCUT2D eigenvalue weighted by Crippen LogP contribution is -2.28. The molecule has 1 saturated heterocycles. The smallest absolute Gasteiger partial charge is 0.246 e. The molecule has 3 N–H and O–H groups in total. The molecular weight excluding hydrogens is 474 g/mol. The highest BCUT2D eigenvalue weighted by Crippen LogP contribution is 2.37. The summed E-state index contributed by atoms with van der Waals surface area (Å²) < 4.78 is 38.0. The van der Waals surface area contributed by atoms with Gasteiger partial charge in [0.05, 0.1) is 11.7 Å². The van der Waals surface area contributed by atoms with Crippen molar-refractivity contribution in [2.75, 3.05) is 23.7 Å². The molecule has 0 radical (unpaired) electrons. The van der Waals surface area contributed by atoms with Crippen LogP contribution in [0.5, 0.6) is 5.75 Å². The molecule has 1 aromatic carbocycles. The van der Waals surface area contributed by atoms with Crippen molar-refractivity contribution in [2.24, 2.45) is 0 Å². The first-order valence-corrected chi connectivity index (χ1v) is 12.7. The van der Waals surface area contributed by atoms with Gasteiger partial charge in [0.2, 0.25) is 21.3 Å². The Kier molecular flexibility index (Phi) is 6.03. The zero-order valence-electron chi connectivity index (χ0n) is 19.2. The molecule has 0 bridgehead atoms. The van der Waals surface area contributed by atoms with E-state index in [0.717, 1.165) is 24.4 Å². The van der Waals surface area contributed by atoms with Gasteiger partial charge in [0.25, 0.3) is 0 Å². The molecule has 1 atom stereocenters. The summed E-state index contributed by atoms with van der Waals surface area (Å²) in [6.45, 7) is 4.71. The SMILES string of the molecule is CC[C@@H](Nc1nc2nonc2nc1Nc1cccc(S(=O)(=O)N2CCCC2)c1O)c1ccc(C)o1. The number of aryl methyl sites for hydroxylation is 1. The van der Waals surface area contributed by atoms with Crippen LogP contribution in [0.15, 0.2) is 44.3 Å². The van der Waals surface area contributed by atoms with Gasteiger partial charge in [-0.2, -0.15) is 4.31 Å². The second kappa shape index (κ2) is 9.15. The molecular formula is C22H25N7O5S. The molecule has 12 nitrogen and oxygen atoms in total.